The molecule has 3 rings (SSSR count). The van der Waals surface area contributed by atoms with Crippen LogP contribution in [0.3, 0.4) is 0 Å². The summed E-state index contributed by atoms with van der Waals surface area (Å²) in [5, 5.41) is 0.0305. The maximum atomic E-state index is 12.7. The van der Waals surface area contributed by atoms with Gasteiger partial charge in [0.15, 0.2) is 0 Å². The molecule has 1 heterocycles. The van der Waals surface area contributed by atoms with E-state index < -0.39 is 10.0 Å². The van der Waals surface area contributed by atoms with Gasteiger partial charge < -0.3 is 4.74 Å². The minimum Gasteiger partial charge on any atom is -0.495 e. The zero-order valence-electron chi connectivity index (χ0n) is 15.7. The van der Waals surface area contributed by atoms with Crippen molar-refractivity contribution in [3.05, 3.63) is 57.6 Å². The fourth-order valence-corrected chi connectivity index (χ4v) is 5.21. The molecule has 1 fully saturated rings. The Hall–Kier alpha value is -1.31. The fourth-order valence-electron chi connectivity index (χ4n) is 3.35. The van der Waals surface area contributed by atoms with E-state index in [9.17, 15) is 8.42 Å². The van der Waals surface area contributed by atoms with Crippen LogP contribution in [-0.4, -0.2) is 33.5 Å². The molecule has 1 saturated heterocycles. The molecule has 1 N–H and O–H groups in total. The molecule has 0 saturated carbocycles. The third-order valence-electron chi connectivity index (χ3n) is 4.83. The van der Waals surface area contributed by atoms with Crippen LogP contribution < -0.4 is 9.46 Å². The molecular weight excluding hydrogens is 419 g/mol. The summed E-state index contributed by atoms with van der Waals surface area (Å²) in [5.74, 6) is 0.330. The highest BCUT2D eigenvalue weighted by Gasteiger charge is 2.21. The van der Waals surface area contributed by atoms with Crippen molar-refractivity contribution in [3.8, 4) is 5.75 Å². The molecule has 0 amide bonds. The molecule has 0 spiro atoms. The maximum absolute atomic E-state index is 12.7. The second kappa shape index (κ2) is 9.46. The van der Waals surface area contributed by atoms with Crippen molar-refractivity contribution in [1.29, 1.82) is 0 Å². The summed E-state index contributed by atoms with van der Waals surface area (Å²) in [7, 11) is -2.36. The van der Waals surface area contributed by atoms with E-state index in [4.69, 9.17) is 27.9 Å². The van der Waals surface area contributed by atoms with Crippen LogP contribution >= 0.6 is 23.2 Å². The molecule has 0 aliphatic carbocycles. The Morgan fingerprint density at radius 1 is 1.04 bits per heavy atom. The first-order valence-corrected chi connectivity index (χ1v) is 11.5. The Balaban J connectivity index is 1.69. The third kappa shape index (κ3) is 5.19. The number of ether oxygens (including phenoxy) is 1. The van der Waals surface area contributed by atoms with E-state index >= 15 is 0 Å². The van der Waals surface area contributed by atoms with Gasteiger partial charge in [-0.1, -0.05) is 53.9 Å². The number of rotatable bonds is 7. The number of nitrogens with zero attached hydrogens (tertiary/aromatic N) is 1. The van der Waals surface area contributed by atoms with E-state index in [1.54, 1.807) is 0 Å². The molecule has 0 radical (unpaired) electrons. The monoisotopic (exact) mass is 442 g/mol. The zero-order valence-corrected chi connectivity index (χ0v) is 18.1. The summed E-state index contributed by atoms with van der Waals surface area (Å²) in [6, 6.07) is 10.9. The van der Waals surface area contributed by atoms with E-state index in [1.807, 2.05) is 18.2 Å². The van der Waals surface area contributed by atoms with Crippen molar-refractivity contribution in [3.63, 3.8) is 0 Å². The number of piperidine rings is 1. The van der Waals surface area contributed by atoms with Gasteiger partial charge in [-0.3, -0.25) is 4.90 Å². The van der Waals surface area contributed by atoms with Gasteiger partial charge in [0.05, 0.1) is 12.1 Å². The average molecular weight is 443 g/mol. The molecule has 1 aliphatic rings. The van der Waals surface area contributed by atoms with Crippen molar-refractivity contribution in [2.24, 2.45) is 0 Å². The SMILES string of the molecule is COc1ccc(S(=O)(=O)NCc2cccc(CN3CCCCC3)c2)c(Cl)c1Cl. The second-order valence-corrected chi connectivity index (χ2v) is 9.37. The molecule has 0 atom stereocenters. The molecule has 28 heavy (non-hydrogen) atoms. The van der Waals surface area contributed by atoms with Crippen LogP contribution in [0.5, 0.6) is 5.75 Å². The average Bonchev–Trinajstić information content (AvgIpc) is 2.69. The van der Waals surface area contributed by atoms with E-state index in [-0.39, 0.29) is 21.5 Å². The third-order valence-corrected chi connectivity index (χ3v) is 7.25. The van der Waals surface area contributed by atoms with Gasteiger partial charge in [0.25, 0.3) is 0 Å². The van der Waals surface area contributed by atoms with E-state index in [1.165, 1.54) is 44.1 Å². The number of likely N-dealkylation sites (tertiary alicyclic amines) is 1. The first-order chi connectivity index (χ1) is 13.4. The Labute approximate surface area is 176 Å². The normalized spacial score (nSPS) is 15.5. The van der Waals surface area contributed by atoms with Crippen LogP contribution in [0.15, 0.2) is 41.3 Å². The number of hydrogen-bond acceptors (Lipinski definition) is 4. The van der Waals surface area contributed by atoms with Gasteiger partial charge in [0.1, 0.15) is 15.7 Å². The largest absolute Gasteiger partial charge is 0.495 e. The predicted molar refractivity (Wildman–Crippen MR) is 113 cm³/mol. The number of halogens is 2. The van der Waals surface area contributed by atoms with Crippen molar-refractivity contribution >= 4 is 33.2 Å². The predicted octanol–water partition coefficient (Wildman–Crippen LogP) is 4.47. The summed E-state index contributed by atoms with van der Waals surface area (Å²) >= 11 is 12.2. The zero-order chi connectivity index (χ0) is 20.1. The van der Waals surface area contributed by atoms with Crippen LogP contribution in [0.1, 0.15) is 30.4 Å². The van der Waals surface area contributed by atoms with Gasteiger partial charge in [0.2, 0.25) is 10.0 Å². The molecule has 8 heteroatoms. The summed E-state index contributed by atoms with van der Waals surface area (Å²) in [4.78, 5) is 2.37. The molecule has 2 aromatic carbocycles. The minimum absolute atomic E-state index is 0.0487. The van der Waals surface area contributed by atoms with Gasteiger partial charge >= 0.3 is 0 Å². The van der Waals surface area contributed by atoms with E-state index in [0.717, 1.165) is 25.2 Å². The molecule has 0 unspecified atom stereocenters. The van der Waals surface area contributed by atoms with Gasteiger partial charge in [-0.05, 0) is 49.2 Å². The maximum Gasteiger partial charge on any atom is 0.242 e. The lowest BCUT2D eigenvalue weighted by Gasteiger charge is -2.26. The Kier molecular flexibility index (Phi) is 7.23. The van der Waals surface area contributed by atoms with Crippen LogP contribution in [-0.2, 0) is 23.1 Å². The molecule has 5 nitrogen and oxygen atoms in total. The standard InChI is InChI=1S/C20H24Cl2N2O3S/c1-27-17-8-9-18(20(22)19(17)21)28(25,26)23-13-15-6-5-7-16(12-15)14-24-10-3-2-4-11-24/h5-9,12,23H,2-4,10-11,13-14H2,1H3. The fraction of sp³-hybridized carbons (Fsp3) is 0.400. The van der Waals surface area contributed by atoms with Crippen molar-refractivity contribution in [1.82, 2.24) is 9.62 Å². The lowest BCUT2D eigenvalue weighted by Crippen LogP contribution is -2.29. The van der Waals surface area contributed by atoms with Gasteiger partial charge in [-0.15, -0.1) is 0 Å². The van der Waals surface area contributed by atoms with Crippen molar-refractivity contribution < 1.29 is 13.2 Å². The van der Waals surface area contributed by atoms with Gasteiger partial charge in [-0.2, -0.15) is 0 Å². The first kappa shape index (κ1) is 21.4. The molecular formula is C20H24Cl2N2O3S. The quantitative estimate of drug-likeness (QED) is 0.686. The smallest absolute Gasteiger partial charge is 0.242 e. The van der Waals surface area contributed by atoms with Crippen LogP contribution in [0.4, 0.5) is 0 Å². The molecule has 0 bridgehead atoms. The number of sulfonamides is 1. The highest BCUT2D eigenvalue weighted by molar-refractivity contribution is 7.89. The Bertz CT molecular complexity index is 929. The lowest BCUT2D eigenvalue weighted by molar-refractivity contribution is 0.221. The highest BCUT2D eigenvalue weighted by atomic mass is 35.5. The number of nitrogens with one attached hydrogen (secondary N) is 1. The Morgan fingerprint density at radius 2 is 1.75 bits per heavy atom. The lowest BCUT2D eigenvalue weighted by atomic mass is 10.1. The molecule has 1 aliphatic heterocycles. The number of methoxy groups -OCH3 is 1. The Morgan fingerprint density at radius 3 is 2.46 bits per heavy atom. The topological polar surface area (TPSA) is 58.6 Å². The molecule has 0 aromatic heterocycles. The van der Waals surface area contributed by atoms with Gasteiger partial charge in [-0.25, -0.2) is 13.1 Å². The first-order valence-electron chi connectivity index (χ1n) is 9.22. The van der Waals surface area contributed by atoms with Crippen molar-refractivity contribution in [2.75, 3.05) is 20.2 Å². The van der Waals surface area contributed by atoms with E-state index in [0.29, 0.717) is 5.75 Å². The summed E-state index contributed by atoms with van der Waals surface area (Å²) in [6.45, 7) is 3.30. The highest BCUT2D eigenvalue weighted by Crippen LogP contribution is 2.36. The minimum atomic E-state index is -3.81. The van der Waals surface area contributed by atoms with Gasteiger partial charge in [0, 0.05) is 13.1 Å². The summed E-state index contributed by atoms with van der Waals surface area (Å²) < 4.78 is 33.0. The molecule has 2 aromatic rings. The number of benzene rings is 2. The summed E-state index contributed by atoms with van der Waals surface area (Å²) in [5.41, 5.74) is 2.08. The summed E-state index contributed by atoms with van der Waals surface area (Å²) in [6.07, 6.45) is 3.78. The van der Waals surface area contributed by atoms with Crippen LogP contribution in [0, 0.1) is 0 Å². The van der Waals surface area contributed by atoms with E-state index in [2.05, 4.69) is 15.7 Å². The second-order valence-electron chi connectivity index (χ2n) is 6.88. The van der Waals surface area contributed by atoms with Crippen molar-refractivity contribution in [2.45, 2.75) is 37.2 Å². The number of hydrogen-bond donors (Lipinski definition) is 1. The molecule has 152 valence electrons. The van der Waals surface area contributed by atoms with Crippen LogP contribution in [0.2, 0.25) is 10.0 Å². The van der Waals surface area contributed by atoms with Crippen LogP contribution in [0.25, 0.3) is 0 Å².